The predicted molar refractivity (Wildman–Crippen MR) is 111 cm³/mol. The molecule has 0 aromatic carbocycles. The van der Waals surface area contributed by atoms with E-state index in [1.165, 1.54) is 12.3 Å². The lowest BCUT2D eigenvalue weighted by Gasteiger charge is -2.13. The van der Waals surface area contributed by atoms with Crippen molar-refractivity contribution in [1.82, 2.24) is 4.57 Å². The van der Waals surface area contributed by atoms with Gasteiger partial charge in [-0.25, -0.2) is 9.59 Å². The number of nitrogens with zero attached hydrogens (tertiary/aromatic N) is 1. The number of nitrogens with one attached hydrogen (secondary N) is 1. The van der Waals surface area contributed by atoms with Crippen LogP contribution < -0.4 is 5.32 Å². The quantitative estimate of drug-likeness (QED) is 0.546. The molecule has 0 radical (unpaired) electrons. The molecule has 0 saturated heterocycles. The topological polar surface area (TPSA) is 99.8 Å². The van der Waals surface area contributed by atoms with Crippen LogP contribution in [0.2, 0.25) is 0 Å². The highest BCUT2D eigenvalue weighted by molar-refractivity contribution is 7.09. The van der Waals surface area contributed by atoms with Gasteiger partial charge in [-0.15, -0.1) is 11.3 Å². The first-order valence-corrected chi connectivity index (χ1v) is 10.2. The summed E-state index contributed by atoms with van der Waals surface area (Å²) in [6, 6.07) is 6.90. The summed E-state index contributed by atoms with van der Waals surface area (Å²) in [5.74, 6) is -1.53. The highest BCUT2D eigenvalue weighted by Crippen LogP contribution is 2.29. The second-order valence-corrected chi connectivity index (χ2v) is 7.45. The first-order chi connectivity index (χ1) is 14.4. The number of esters is 2. The third-order valence-corrected chi connectivity index (χ3v) is 5.38. The fourth-order valence-electron chi connectivity index (χ4n) is 2.97. The molecule has 0 saturated carbocycles. The third kappa shape index (κ3) is 4.62. The number of carbonyl (C=O) groups is 3. The Labute approximate surface area is 177 Å². The van der Waals surface area contributed by atoms with Gasteiger partial charge in [0.1, 0.15) is 11.4 Å². The van der Waals surface area contributed by atoms with Crippen molar-refractivity contribution in [2.45, 2.75) is 27.3 Å². The van der Waals surface area contributed by atoms with E-state index in [2.05, 4.69) is 5.32 Å². The highest BCUT2D eigenvalue weighted by Gasteiger charge is 2.26. The molecule has 0 aliphatic rings. The average molecular weight is 430 g/mol. The predicted octanol–water partition coefficient (Wildman–Crippen LogP) is 3.78. The van der Waals surface area contributed by atoms with Crippen LogP contribution >= 0.6 is 11.3 Å². The van der Waals surface area contributed by atoms with Gasteiger partial charge >= 0.3 is 11.9 Å². The smallest absolute Gasteiger partial charge is 0.374 e. The number of hydrogen-bond acceptors (Lipinski definition) is 7. The van der Waals surface area contributed by atoms with E-state index in [9.17, 15) is 14.4 Å². The Bertz CT molecular complexity index is 1030. The Morgan fingerprint density at radius 3 is 2.57 bits per heavy atom. The number of aromatic nitrogens is 1. The maximum Gasteiger partial charge on any atom is 0.374 e. The number of carbonyl (C=O) groups excluding carboxylic acids is 3. The number of thiophene rings is 1. The number of hydrogen-bond donors (Lipinski definition) is 1. The van der Waals surface area contributed by atoms with Gasteiger partial charge in [0, 0.05) is 10.6 Å². The van der Waals surface area contributed by atoms with Crippen LogP contribution in [0.5, 0.6) is 0 Å². The molecule has 0 aliphatic heterocycles. The Hall–Kier alpha value is -3.33. The average Bonchev–Trinajstić information content (AvgIpc) is 3.46. The fraction of sp³-hybridized carbons (Fsp3) is 0.286. The van der Waals surface area contributed by atoms with E-state index in [0.717, 1.165) is 10.6 Å². The summed E-state index contributed by atoms with van der Waals surface area (Å²) in [7, 11) is 0. The summed E-state index contributed by atoms with van der Waals surface area (Å²) in [6.45, 7) is 5.56. The van der Waals surface area contributed by atoms with Gasteiger partial charge in [-0.05, 0) is 49.9 Å². The van der Waals surface area contributed by atoms with Crippen molar-refractivity contribution < 1.29 is 28.3 Å². The lowest BCUT2D eigenvalue weighted by atomic mass is 10.1. The molecular formula is C21H22N2O6S. The van der Waals surface area contributed by atoms with Gasteiger partial charge in [0.15, 0.2) is 6.61 Å². The summed E-state index contributed by atoms with van der Waals surface area (Å²) in [4.78, 5) is 38.0. The maximum absolute atomic E-state index is 12.6. The van der Waals surface area contributed by atoms with Crippen molar-refractivity contribution >= 4 is 35.0 Å². The number of rotatable bonds is 8. The summed E-state index contributed by atoms with van der Waals surface area (Å²) in [5.41, 5.74) is 1.83. The Morgan fingerprint density at radius 1 is 1.13 bits per heavy atom. The van der Waals surface area contributed by atoms with E-state index in [0.29, 0.717) is 17.9 Å². The largest absolute Gasteiger partial charge is 0.462 e. The molecule has 0 bridgehead atoms. The van der Waals surface area contributed by atoms with E-state index in [-0.39, 0.29) is 17.9 Å². The van der Waals surface area contributed by atoms with Gasteiger partial charge in [-0.1, -0.05) is 6.07 Å². The molecule has 0 fully saturated rings. The van der Waals surface area contributed by atoms with Crippen molar-refractivity contribution in [3.63, 3.8) is 0 Å². The molecule has 30 heavy (non-hydrogen) atoms. The Kier molecular flexibility index (Phi) is 6.73. The first kappa shape index (κ1) is 21.4. The van der Waals surface area contributed by atoms with Crippen LogP contribution in [-0.4, -0.2) is 35.6 Å². The van der Waals surface area contributed by atoms with Crippen molar-refractivity contribution in [3.8, 4) is 0 Å². The van der Waals surface area contributed by atoms with Crippen molar-refractivity contribution in [2.24, 2.45) is 0 Å². The minimum Gasteiger partial charge on any atom is -0.462 e. The number of furan rings is 1. The van der Waals surface area contributed by atoms with Crippen LogP contribution in [-0.2, 0) is 20.8 Å². The van der Waals surface area contributed by atoms with Crippen LogP contribution in [0.25, 0.3) is 0 Å². The molecular weight excluding hydrogens is 408 g/mol. The summed E-state index contributed by atoms with van der Waals surface area (Å²) >= 11 is 1.57. The molecule has 158 valence electrons. The van der Waals surface area contributed by atoms with E-state index in [1.54, 1.807) is 31.3 Å². The summed E-state index contributed by atoms with van der Waals surface area (Å²) in [5, 5.41) is 4.67. The zero-order chi connectivity index (χ0) is 21.7. The van der Waals surface area contributed by atoms with Gasteiger partial charge in [-0.3, -0.25) is 4.79 Å². The van der Waals surface area contributed by atoms with E-state index in [4.69, 9.17) is 13.9 Å². The third-order valence-electron chi connectivity index (χ3n) is 4.52. The highest BCUT2D eigenvalue weighted by atomic mass is 32.1. The molecule has 0 aliphatic carbocycles. The molecule has 9 heteroatoms. The summed E-state index contributed by atoms with van der Waals surface area (Å²) in [6.07, 6.45) is 1.34. The summed E-state index contributed by atoms with van der Waals surface area (Å²) < 4.78 is 17.0. The van der Waals surface area contributed by atoms with Crippen LogP contribution in [0.4, 0.5) is 5.82 Å². The lowest BCUT2D eigenvalue weighted by molar-refractivity contribution is -0.119. The molecule has 0 spiro atoms. The van der Waals surface area contributed by atoms with Crippen molar-refractivity contribution in [2.75, 3.05) is 18.5 Å². The van der Waals surface area contributed by atoms with Crippen LogP contribution in [0.15, 0.2) is 40.3 Å². The number of amides is 1. The van der Waals surface area contributed by atoms with Gasteiger partial charge in [0.25, 0.3) is 5.91 Å². The molecule has 3 rings (SSSR count). The molecule has 0 atom stereocenters. The van der Waals surface area contributed by atoms with Gasteiger partial charge in [0.2, 0.25) is 5.76 Å². The van der Waals surface area contributed by atoms with Crippen LogP contribution in [0.3, 0.4) is 0 Å². The first-order valence-electron chi connectivity index (χ1n) is 9.32. The van der Waals surface area contributed by atoms with Crippen molar-refractivity contribution in [3.05, 3.63) is 63.4 Å². The van der Waals surface area contributed by atoms with Gasteiger partial charge in [0.05, 0.1) is 19.4 Å². The molecule has 0 unspecified atom stereocenters. The van der Waals surface area contributed by atoms with Crippen molar-refractivity contribution in [1.29, 1.82) is 0 Å². The number of ether oxygens (including phenoxy) is 2. The molecule has 1 N–H and O–H groups in total. The molecule has 3 aromatic heterocycles. The zero-order valence-electron chi connectivity index (χ0n) is 16.9. The van der Waals surface area contributed by atoms with Gasteiger partial charge in [-0.2, -0.15) is 0 Å². The maximum atomic E-state index is 12.6. The fourth-order valence-corrected chi connectivity index (χ4v) is 3.66. The molecule has 1 amide bonds. The minimum atomic E-state index is -0.748. The Morgan fingerprint density at radius 2 is 1.93 bits per heavy atom. The molecule has 8 nitrogen and oxygen atoms in total. The molecule has 3 heterocycles. The Balaban J connectivity index is 1.84. The lowest BCUT2D eigenvalue weighted by Crippen LogP contribution is -2.24. The van der Waals surface area contributed by atoms with E-state index >= 15 is 0 Å². The minimum absolute atomic E-state index is 0.00257. The number of anilines is 1. The normalized spacial score (nSPS) is 10.6. The van der Waals surface area contributed by atoms with E-state index in [1.807, 2.05) is 29.0 Å². The van der Waals surface area contributed by atoms with Gasteiger partial charge < -0.3 is 23.8 Å². The second kappa shape index (κ2) is 9.45. The monoisotopic (exact) mass is 430 g/mol. The van der Waals surface area contributed by atoms with Crippen LogP contribution in [0.1, 0.15) is 44.0 Å². The second-order valence-electron chi connectivity index (χ2n) is 6.42. The van der Waals surface area contributed by atoms with Crippen LogP contribution in [0, 0.1) is 13.8 Å². The SMILES string of the molecule is CCOC(=O)c1c(C)c(C)n(Cc2cccs2)c1NC(=O)COC(=O)c1ccco1. The zero-order valence-corrected chi connectivity index (χ0v) is 17.7. The standard InChI is InChI=1S/C21H22N2O6S/c1-4-27-21(26)18-13(2)14(3)23(11-15-7-6-10-30-15)19(18)22-17(24)12-29-20(25)16-8-5-9-28-16/h5-10H,4,11-12H2,1-3H3,(H,22,24). The molecule has 3 aromatic rings. The van der Waals surface area contributed by atoms with E-state index < -0.39 is 24.5 Å².